The third-order valence-corrected chi connectivity index (χ3v) is 4.86. The maximum atomic E-state index is 11.1. The van der Waals surface area contributed by atoms with Crippen molar-refractivity contribution in [1.82, 2.24) is 9.97 Å². The molecule has 0 amide bonds. The van der Waals surface area contributed by atoms with E-state index in [2.05, 4.69) is 28.4 Å². The van der Waals surface area contributed by atoms with Gasteiger partial charge in [-0.3, -0.25) is 9.97 Å². The smallest absolute Gasteiger partial charge is 0.330 e. The van der Waals surface area contributed by atoms with Gasteiger partial charge >= 0.3 is 5.97 Å². The van der Waals surface area contributed by atoms with Crippen LogP contribution in [0.4, 0.5) is 0 Å². The summed E-state index contributed by atoms with van der Waals surface area (Å²) in [6, 6.07) is 24.9. The standard InChI is InChI=1S/C29H22N2O3/c1-2-29(32)34-20-24-10-8-22(9-11-24)6-7-23-12-14-26(15-13-23)33-21-25-16-18-31-28(19-25)27-5-3-4-17-30-27/h2-5,8-19H,1,20-21H2. The molecule has 0 saturated carbocycles. The van der Waals surface area contributed by atoms with Crippen molar-refractivity contribution in [3.63, 3.8) is 0 Å². The average Bonchev–Trinajstić information content (AvgIpc) is 2.91. The van der Waals surface area contributed by atoms with Gasteiger partial charge in [-0.1, -0.05) is 36.6 Å². The van der Waals surface area contributed by atoms with E-state index in [0.717, 1.165) is 45.5 Å². The first-order chi connectivity index (χ1) is 16.7. The molecule has 4 rings (SSSR count). The van der Waals surface area contributed by atoms with Gasteiger partial charge in [-0.15, -0.1) is 0 Å². The Bertz CT molecular complexity index is 1320. The van der Waals surface area contributed by atoms with Crippen molar-refractivity contribution >= 4 is 5.97 Å². The van der Waals surface area contributed by atoms with E-state index in [4.69, 9.17) is 9.47 Å². The lowest BCUT2D eigenvalue weighted by molar-refractivity contribution is -0.138. The number of rotatable bonds is 7. The highest BCUT2D eigenvalue weighted by molar-refractivity contribution is 5.81. The van der Waals surface area contributed by atoms with Gasteiger partial charge in [-0.25, -0.2) is 4.79 Å². The number of pyridine rings is 2. The Hall–Kier alpha value is -4.69. The van der Waals surface area contributed by atoms with E-state index >= 15 is 0 Å². The van der Waals surface area contributed by atoms with E-state index in [9.17, 15) is 4.79 Å². The molecule has 4 aromatic rings. The zero-order chi connectivity index (χ0) is 23.6. The molecule has 0 radical (unpaired) electrons. The Balaban J connectivity index is 1.32. The molecule has 0 atom stereocenters. The van der Waals surface area contributed by atoms with Crippen molar-refractivity contribution in [2.45, 2.75) is 13.2 Å². The molecular weight excluding hydrogens is 424 g/mol. The first-order valence-electron chi connectivity index (χ1n) is 10.7. The Morgan fingerprint density at radius 2 is 1.50 bits per heavy atom. The summed E-state index contributed by atoms with van der Waals surface area (Å²) in [4.78, 5) is 19.9. The summed E-state index contributed by atoms with van der Waals surface area (Å²) in [6.07, 6.45) is 4.67. The van der Waals surface area contributed by atoms with Crippen molar-refractivity contribution in [2.24, 2.45) is 0 Å². The monoisotopic (exact) mass is 446 g/mol. The molecule has 2 heterocycles. The second kappa shape index (κ2) is 11.3. The third-order valence-electron chi connectivity index (χ3n) is 4.86. The molecule has 0 aliphatic carbocycles. The molecule has 0 aliphatic heterocycles. The average molecular weight is 447 g/mol. The van der Waals surface area contributed by atoms with Crippen molar-refractivity contribution in [1.29, 1.82) is 0 Å². The predicted octanol–water partition coefficient (Wildman–Crippen LogP) is 5.35. The maximum absolute atomic E-state index is 11.1. The molecule has 0 fully saturated rings. The van der Waals surface area contributed by atoms with Gasteiger partial charge < -0.3 is 9.47 Å². The second-order valence-electron chi connectivity index (χ2n) is 7.34. The highest BCUT2D eigenvalue weighted by Gasteiger charge is 2.03. The molecule has 5 heteroatoms. The van der Waals surface area contributed by atoms with Crippen LogP contribution in [0.15, 0.2) is 104 Å². The quantitative estimate of drug-likeness (QED) is 0.218. The molecule has 5 nitrogen and oxygen atoms in total. The fourth-order valence-corrected chi connectivity index (χ4v) is 3.06. The SMILES string of the molecule is C=CC(=O)OCc1ccc(C#Cc2ccc(OCc3ccnc(-c4ccccn4)c3)cc2)cc1. The molecule has 166 valence electrons. The van der Waals surface area contributed by atoms with Crippen LogP contribution in [-0.4, -0.2) is 15.9 Å². The van der Waals surface area contributed by atoms with E-state index < -0.39 is 5.97 Å². The summed E-state index contributed by atoms with van der Waals surface area (Å²) < 4.78 is 10.9. The summed E-state index contributed by atoms with van der Waals surface area (Å²) in [7, 11) is 0. The molecule has 0 bridgehead atoms. The van der Waals surface area contributed by atoms with Gasteiger partial charge in [0.25, 0.3) is 0 Å². The van der Waals surface area contributed by atoms with Gasteiger partial charge in [0.1, 0.15) is 19.0 Å². The van der Waals surface area contributed by atoms with Crippen LogP contribution < -0.4 is 4.74 Å². The number of hydrogen-bond acceptors (Lipinski definition) is 5. The minimum absolute atomic E-state index is 0.212. The number of aromatic nitrogens is 2. The first-order valence-corrected chi connectivity index (χ1v) is 10.7. The predicted molar refractivity (Wildman–Crippen MR) is 131 cm³/mol. The fraction of sp³-hybridized carbons (Fsp3) is 0.0690. The van der Waals surface area contributed by atoms with Gasteiger partial charge in [0, 0.05) is 29.6 Å². The topological polar surface area (TPSA) is 61.3 Å². The molecular formula is C29H22N2O3. The Kier molecular flexibility index (Phi) is 7.45. The van der Waals surface area contributed by atoms with Crippen molar-refractivity contribution in [3.05, 3.63) is 126 Å². The van der Waals surface area contributed by atoms with E-state index in [1.807, 2.05) is 78.9 Å². The van der Waals surface area contributed by atoms with Gasteiger partial charge in [0.15, 0.2) is 0 Å². The van der Waals surface area contributed by atoms with E-state index in [1.165, 1.54) is 0 Å². The molecule has 0 saturated heterocycles. The summed E-state index contributed by atoms with van der Waals surface area (Å²) in [5, 5.41) is 0. The number of carbonyl (C=O) groups excluding carboxylic acids is 1. The molecule has 2 aromatic carbocycles. The maximum Gasteiger partial charge on any atom is 0.330 e. The number of nitrogens with zero attached hydrogens (tertiary/aromatic N) is 2. The van der Waals surface area contributed by atoms with E-state index in [-0.39, 0.29) is 6.61 Å². The van der Waals surface area contributed by atoms with Crippen LogP contribution in [0.2, 0.25) is 0 Å². The van der Waals surface area contributed by atoms with Crippen LogP contribution in [0, 0.1) is 11.8 Å². The van der Waals surface area contributed by atoms with Gasteiger partial charge in [0.05, 0.1) is 11.4 Å². The zero-order valence-electron chi connectivity index (χ0n) is 18.5. The highest BCUT2D eigenvalue weighted by atomic mass is 16.5. The highest BCUT2D eigenvalue weighted by Crippen LogP contribution is 2.18. The molecule has 0 unspecified atom stereocenters. The summed E-state index contributed by atoms with van der Waals surface area (Å²) >= 11 is 0. The minimum atomic E-state index is -0.439. The van der Waals surface area contributed by atoms with Crippen molar-refractivity contribution in [3.8, 4) is 29.0 Å². The number of ether oxygens (including phenoxy) is 2. The van der Waals surface area contributed by atoms with Crippen LogP contribution in [0.3, 0.4) is 0 Å². The van der Waals surface area contributed by atoms with Crippen LogP contribution in [0.1, 0.15) is 22.3 Å². The Labute approximate surface area is 198 Å². The molecule has 2 aromatic heterocycles. The van der Waals surface area contributed by atoms with Gasteiger partial charge in [-0.05, 0) is 71.8 Å². The molecule has 0 N–H and O–H groups in total. The van der Waals surface area contributed by atoms with Crippen LogP contribution >= 0.6 is 0 Å². The lowest BCUT2D eigenvalue weighted by atomic mass is 10.1. The lowest BCUT2D eigenvalue weighted by Gasteiger charge is -2.07. The number of hydrogen-bond donors (Lipinski definition) is 0. The molecule has 34 heavy (non-hydrogen) atoms. The number of esters is 1. The van der Waals surface area contributed by atoms with Crippen LogP contribution in [0.25, 0.3) is 11.4 Å². The second-order valence-corrected chi connectivity index (χ2v) is 7.34. The zero-order valence-corrected chi connectivity index (χ0v) is 18.5. The van der Waals surface area contributed by atoms with Crippen molar-refractivity contribution < 1.29 is 14.3 Å². The Morgan fingerprint density at radius 3 is 2.18 bits per heavy atom. The minimum Gasteiger partial charge on any atom is -0.489 e. The largest absolute Gasteiger partial charge is 0.489 e. The summed E-state index contributed by atoms with van der Waals surface area (Å²) in [6.45, 7) is 4.02. The van der Waals surface area contributed by atoms with Crippen LogP contribution in [0.5, 0.6) is 5.75 Å². The lowest BCUT2D eigenvalue weighted by Crippen LogP contribution is -1.99. The van der Waals surface area contributed by atoms with E-state index in [1.54, 1.807) is 12.4 Å². The fourth-order valence-electron chi connectivity index (χ4n) is 3.06. The summed E-state index contributed by atoms with van der Waals surface area (Å²) in [5.41, 5.74) is 5.32. The first kappa shape index (κ1) is 22.5. The summed E-state index contributed by atoms with van der Waals surface area (Å²) in [5.74, 6) is 6.61. The van der Waals surface area contributed by atoms with Gasteiger partial charge in [0.2, 0.25) is 0 Å². The van der Waals surface area contributed by atoms with Gasteiger partial charge in [-0.2, -0.15) is 0 Å². The van der Waals surface area contributed by atoms with E-state index in [0.29, 0.717) is 6.61 Å². The van der Waals surface area contributed by atoms with Crippen molar-refractivity contribution in [2.75, 3.05) is 0 Å². The molecule has 0 aliphatic rings. The van der Waals surface area contributed by atoms with Crippen LogP contribution in [-0.2, 0) is 22.7 Å². The normalized spacial score (nSPS) is 10.0. The number of benzene rings is 2. The Morgan fingerprint density at radius 1 is 0.794 bits per heavy atom. The number of carbonyl (C=O) groups is 1. The third kappa shape index (κ3) is 6.41. The molecule has 0 spiro atoms.